The van der Waals surface area contributed by atoms with Gasteiger partial charge in [-0.3, -0.25) is 4.79 Å². The summed E-state index contributed by atoms with van der Waals surface area (Å²) in [5, 5.41) is 3.16. The number of nitrogens with zero attached hydrogens (tertiary/aromatic N) is 3. The Hall–Kier alpha value is -2.43. The van der Waals surface area contributed by atoms with E-state index < -0.39 is 0 Å². The maximum atomic E-state index is 12.4. The second-order valence-electron chi connectivity index (χ2n) is 8.47. The highest BCUT2D eigenvalue weighted by Gasteiger charge is 2.30. The number of anilines is 1. The molecule has 1 saturated heterocycles. The van der Waals surface area contributed by atoms with Crippen molar-refractivity contribution in [3.8, 4) is 11.4 Å². The Balaban J connectivity index is 1.32. The molecule has 0 bridgehead atoms. The van der Waals surface area contributed by atoms with Gasteiger partial charge in [0.25, 0.3) is 0 Å². The van der Waals surface area contributed by atoms with Gasteiger partial charge >= 0.3 is 0 Å². The van der Waals surface area contributed by atoms with Gasteiger partial charge in [0, 0.05) is 42.4 Å². The monoisotopic (exact) mass is 376 g/mol. The third kappa shape index (κ3) is 3.62. The molecule has 1 aromatic carbocycles. The van der Waals surface area contributed by atoms with Crippen LogP contribution in [0.5, 0.6) is 0 Å². The van der Waals surface area contributed by atoms with Crippen LogP contribution in [-0.2, 0) is 17.6 Å². The Kier molecular flexibility index (Phi) is 4.75. The summed E-state index contributed by atoms with van der Waals surface area (Å²) in [7, 11) is 0. The Morgan fingerprint density at radius 2 is 1.82 bits per heavy atom. The standard InChI is InChI=1S/C23H28N4O/c28-23(24-15-16-9-10-16)18-11-13-27(14-12-18)22-19-7-4-8-20(19)25-21(26-22)17-5-2-1-3-6-17/h1-3,5-6,16,18H,4,7-15H2,(H,24,28). The van der Waals surface area contributed by atoms with Crippen LogP contribution < -0.4 is 10.2 Å². The van der Waals surface area contributed by atoms with Crippen molar-refractivity contribution in [3.05, 3.63) is 41.6 Å². The zero-order valence-corrected chi connectivity index (χ0v) is 16.4. The number of aryl methyl sites for hydroxylation is 1. The van der Waals surface area contributed by atoms with Crippen molar-refractivity contribution in [3.63, 3.8) is 0 Å². The minimum atomic E-state index is 0.151. The first kappa shape index (κ1) is 17.7. The van der Waals surface area contributed by atoms with Crippen LogP contribution in [0.15, 0.2) is 30.3 Å². The number of rotatable bonds is 5. The zero-order chi connectivity index (χ0) is 18.9. The van der Waals surface area contributed by atoms with Crippen molar-refractivity contribution in [2.45, 2.75) is 44.9 Å². The Morgan fingerprint density at radius 1 is 1.04 bits per heavy atom. The normalized spacial score (nSPS) is 19.5. The summed E-state index contributed by atoms with van der Waals surface area (Å²) in [5.41, 5.74) is 3.62. The summed E-state index contributed by atoms with van der Waals surface area (Å²) in [6.07, 6.45) is 7.66. The van der Waals surface area contributed by atoms with E-state index in [0.29, 0.717) is 0 Å². The first-order chi connectivity index (χ1) is 13.8. The summed E-state index contributed by atoms with van der Waals surface area (Å²) in [6.45, 7) is 2.68. The number of hydrogen-bond donors (Lipinski definition) is 1. The summed E-state index contributed by atoms with van der Waals surface area (Å²) in [5.74, 6) is 3.09. The molecule has 146 valence electrons. The lowest BCUT2D eigenvalue weighted by atomic mass is 9.95. The van der Waals surface area contributed by atoms with Crippen LogP contribution in [0.4, 0.5) is 5.82 Å². The van der Waals surface area contributed by atoms with Crippen LogP contribution in [0.2, 0.25) is 0 Å². The Bertz CT molecular complexity index is 854. The molecule has 1 aromatic heterocycles. The van der Waals surface area contributed by atoms with E-state index in [9.17, 15) is 4.79 Å². The van der Waals surface area contributed by atoms with E-state index in [0.717, 1.165) is 74.9 Å². The van der Waals surface area contributed by atoms with Gasteiger partial charge in [-0.05, 0) is 50.9 Å². The fraction of sp³-hybridized carbons (Fsp3) is 0.522. The molecular formula is C23H28N4O. The SMILES string of the molecule is O=C(NCC1CC1)C1CCN(c2nc(-c3ccccc3)nc3c2CCC3)CC1. The first-order valence-electron chi connectivity index (χ1n) is 10.8. The van der Waals surface area contributed by atoms with Crippen LogP contribution in [0.25, 0.3) is 11.4 Å². The lowest BCUT2D eigenvalue weighted by molar-refractivity contribution is -0.125. The van der Waals surface area contributed by atoms with Crippen LogP contribution in [-0.4, -0.2) is 35.5 Å². The van der Waals surface area contributed by atoms with E-state index in [-0.39, 0.29) is 11.8 Å². The van der Waals surface area contributed by atoms with Gasteiger partial charge in [-0.25, -0.2) is 9.97 Å². The number of carbonyl (C=O) groups is 1. The molecule has 5 nitrogen and oxygen atoms in total. The van der Waals surface area contributed by atoms with Crippen LogP contribution >= 0.6 is 0 Å². The summed E-state index contributed by atoms with van der Waals surface area (Å²) < 4.78 is 0. The van der Waals surface area contributed by atoms with Crippen LogP contribution in [0.1, 0.15) is 43.4 Å². The van der Waals surface area contributed by atoms with Crippen molar-refractivity contribution in [1.82, 2.24) is 15.3 Å². The van der Waals surface area contributed by atoms with Crippen molar-refractivity contribution in [2.75, 3.05) is 24.5 Å². The van der Waals surface area contributed by atoms with Gasteiger partial charge in [0.1, 0.15) is 5.82 Å². The average Bonchev–Trinajstić information content (AvgIpc) is 3.46. The van der Waals surface area contributed by atoms with Gasteiger partial charge in [-0.15, -0.1) is 0 Å². The molecule has 0 radical (unpaired) electrons. The number of piperidine rings is 1. The molecule has 3 aliphatic rings. The zero-order valence-electron chi connectivity index (χ0n) is 16.4. The molecule has 1 aliphatic heterocycles. The van der Waals surface area contributed by atoms with Crippen molar-refractivity contribution in [2.24, 2.45) is 11.8 Å². The fourth-order valence-corrected chi connectivity index (χ4v) is 4.46. The number of fused-ring (bicyclic) bond motifs is 1. The first-order valence-corrected chi connectivity index (χ1v) is 10.8. The van der Waals surface area contributed by atoms with Crippen LogP contribution in [0, 0.1) is 11.8 Å². The topological polar surface area (TPSA) is 58.1 Å². The number of amides is 1. The van der Waals surface area contributed by atoms with E-state index in [2.05, 4.69) is 22.3 Å². The molecular weight excluding hydrogens is 348 g/mol. The van der Waals surface area contributed by atoms with E-state index in [1.54, 1.807) is 0 Å². The molecule has 2 heterocycles. The van der Waals surface area contributed by atoms with Crippen molar-refractivity contribution in [1.29, 1.82) is 0 Å². The molecule has 0 spiro atoms. The molecule has 5 rings (SSSR count). The molecule has 2 fully saturated rings. The quantitative estimate of drug-likeness (QED) is 0.869. The molecule has 0 unspecified atom stereocenters. The third-order valence-electron chi connectivity index (χ3n) is 6.37. The second kappa shape index (κ2) is 7.53. The molecule has 2 aliphatic carbocycles. The van der Waals surface area contributed by atoms with Crippen molar-refractivity contribution >= 4 is 11.7 Å². The number of benzene rings is 1. The molecule has 0 atom stereocenters. The smallest absolute Gasteiger partial charge is 0.223 e. The Labute approximate surface area is 166 Å². The molecule has 1 saturated carbocycles. The van der Waals surface area contributed by atoms with E-state index in [1.807, 2.05) is 18.2 Å². The predicted octanol–water partition coefficient (Wildman–Crippen LogP) is 3.37. The fourth-order valence-electron chi connectivity index (χ4n) is 4.46. The van der Waals surface area contributed by atoms with E-state index >= 15 is 0 Å². The number of carbonyl (C=O) groups excluding carboxylic acids is 1. The highest BCUT2D eigenvalue weighted by molar-refractivity contribution is 5.79. The van der Waals surface area contributed by atoms with Crippen molar-refractivity contribution < 1.29 is 4.79 Å². The van der Waals surface area contributed by atoms with E-state index in [4.69, 9.17) is 9.97 Å². The highest BCUT2D eigenvalue weighted by Crippen LogP contribution is 2.33. The second-order valence-corrected chi connectivity index (χ2v) is 8.47. The van der Waals surface area contributed by atoms with Gasteiger partial charge in [0.2, 0.25) is 5.91 Å². The largest absolute Gasteiger partial charge is 0.356 e. The summed E-state index contributed by atoms with van der Waals surface area (Å²) in [6, 6.07) is 10.3. The lowest BCUT2D eigenvalue weighted by Crippen LogP contribution is -2.41. The van der Waals surface area contributed by atoms with Gasteiger partial charge in [-0.2, -0.15) is 0 Å². The molecule has 5 heteroatoms. The van der Waals surface area contributed by atoms with Gasteiger partial charge in [0.15, 0.2) is 5.82 Å². The average molecular weight is 377 g/mol. The van der Waals surface area contributed by atoms with Crippen LogP contribution in [0.3, 0.4) is 0 Å². The van der Waals surface area contributed by atoms with Gasteiger partial charge < -0.3 is 10.2 Å². The highest BCUT2D eigenvalue weighted by atomic mass is 16.1. The number of hydrogen-bond acceptors (Lipinski definition) is 4. The predicted molar refractivity (Wildman–Crippen MR) is 110 cm³/mol. The van der Waals surface area contributed by atoms with Gasteiger partial charge in [0.05, 0.1) is 0 Å². The molecule has 1 N–H and O–H groups in total. The van der Waals surface area contributed by atoms with Gasteiger partial charge in [-0.1, -0.05) is 30.3 Å². The number of aromatic nitrogens is 2. The lowest BCUT2D eigenvalue weighted by Gasteiger charge is -2.33. The minimum absolute atomic E-state index is 0.151. The third-order valence-corrected chi connectivity index (χ3v) is 6.37. The summed E-state index contributed by atoms with van der Waals surface area (Å²) in [4.78, 5) is 24.7. The molecule has 2 aromatic rings. The number of nitrogens with one attached hydrogen (secondary N) is 1. The molecule has 28 heavy (non-hydrogen) atoms. The molecule has 1 amide bonds. The van der Waals surface area contributed by atoms with E-state index in [1.165, 1.54) is 24.1 Å². The summed E-state index contributed by atoms with van der Waals surface area (Å²) >= 11 is 0. The Morgan fingerprint density at radius 3 is 2.57 bits per heavy atom. The maximum absolute atomic E-state index is 12.4. The maximum Gasteiger partial charge on any atom is 0.223 e. The minimum Gasteiger partial charge on any atom is -0.356 e.